The molecule has 1 aliphatic rings. The Bertz CT molecular complexity index is 1070. The van der Waals surface area contributed by atoms with Crippen molar-refractivity contribution in [3.63, 3.8) is 0 Å². The lowest BCUT2D eigenvalue weighted by molar-refractivity contribution is -0.116. The van der Waals surface area contributed by atoms with Gasteiger partial charge in [-0.2, -0.15) is 5.10 Å². The molecule has 0 saturated heterocycles. The Hall–Kier alpha value is -3.61. The first-order valence-corrected chi connectivity index (χ1v) is 9.25. The molecule has 0 aliphatic carbocycles. The van der Waals surface area contributed by atoms with Crippen LogP contribution in [0.15, 0.2) is 48.5 Å². The van der Waals surface area contributed by atoms with Crippen molar-refractivity contribution in [2.24, 2.45) is 0 Å². The van der Waals surface area contributed by atoms with Gasteiger partial charge in [-0.3, -0.25) is 9.59 Å². The number of hydrogen-bond donors (Lipinski definition) is 1. The maximum atomic E-state index is 13.6. The number of fused-ring (bicyclic) bond motifs is 1. The molecule has 0 fully saturated rings. The van der Waals surface area contributed by atoms with Gasteiger partial charge >= 0.3 is 0 Å². The summed E-state index contributed by atoms with van der Waals surface area (Å²) < 4.78 is 12.5. The van der Waals surface area contributed by atoms with Crippen molar-refractivity contribution in [3.8, 4) is 17.2 Å². The fourth-order valence-corrected chi connectivity index (χ4v) is 3.80. The van der Waals surface area contributed by atoms with Gasteiger partial charge in [-0.1, -0.05) is 24.3 Å². The largest absolute Gasteiger partial charge is 0.496 e. The minimum Gasteiger partial charge on any atom is -0.496 e. The number of hydrogen-bond acceptors (Lipinski definition) is 5. The highest BCUT2D eigenvalue weighted by Gasteiger charge is 2.38. The number of aromatic nitrogens is 2. The zero-order chi connectivity index (χ0) is 20.5. The van der Waals surface area contributed by atoms with Gasteiger partial charge in [-0.25, -0.2) is 4.68 Å². The number of nitrogens with zero attached hydrogens (tertiary/aromatic N) is 2. The van der Waals surface area contributed by atoms with Crippen LogP contribution in [0.25, 0.3) is 5.69 Å². The second-order valence-electron chi connectivity index (χ2n) is 6.80. The molecule has 1 N–H and O–H groups in total. The molecule has 2 aromatic carbocycles. The van der Waals surface area contributed by atoms with Crippen LogP contribution in [0.2, 0.25) is 0 Å². The molecule has 4 rings (SSSR count). The van der Waals surface area contributed by atoms with Gasteiger partial charge in [0, 0.05) is 12.0 Å². The third-order valence-corrected chi connectivity index (χ3v) is 5.09. The van der Waals surface area contributed by atoms with Crippen LogP contribution in [0, 0.1) is 6.92 Å². The van der Waals surface area contributed by atoms with E-state index in [1.54, 1.807) is 22.9 Å². The molecule has 0 radical (unpaired) electrons. The van der Waals surface area contributed by atoms with Crippen LogP contribution in [-0.4, -0.2) is 35.7 Å². The zero-order valence-electron chi connectivity index (χ0n) is 16.4. The number of Topliss-reactive ketones (excluding diaryl/α,β-unsaturated/α-hetero) is 1. The van der Waals surface area contributed by atoms with E-state index in [1.807, 2.05) is 37.3 Å². The van der Waals surface area contributed by atoms with Crippen LogP contribution in [0.3, 0.4) is 0 Å². The number of rotatable bonds is 5. The van der Waals surface area contributed by atoms with Crippen LogP contribution in [0.4, 0.5) is 5.82 Å². The van der Waals surface area contributed by atoms with Gasteiger partial charge in [0.05, 0.1) is 31.5 Å². The van der Waals surface area contributed by atoms with Crippen LogP contribution in [0.1, 0.15) is 34.0 Å². The van der Waals surface area contributed by atoms with E-state index >= 15 is 0 Å². The molecule has 1 amide bonds. The Balaban J connectivity index is 1.86. The Morgan fingerprint density at radius 3 is 2.34 bits per heavy atom. The number of ether oxygens (including phenoxy) is 2. The molecule has 29 heavy (non-hydrogen) atoms. The average Bonchev–Trinajstić information content (AvgIpc) is 3.08. The Kier molecular flexibility index (Phi) is 4.80. The van der Waals surface area contributed by atoms with Gasteiger partial charge in [-0.15, -0.1) is 0 Å². The van der Waals surface area contributed by atoms with Crippen LogP contribution < -0.4 is 14.8 Å². The molecule has 1 atom stereocenters. The van der Waals surface area contributed by atoms with Crippen molar-refractivity contribution in [1.82, 2.24) is 9.78 Å². The maximum absolute atomic E-state index is 13.6. The predicted octanol–water partition coefficient (Wildman–Crippen LogP) is 3.51. The first kappa shape index (κ1) is 18.7. The van der Waals surface area contributed by atoms with E-state index in [9.17, 15) is 9.59 Å². The van der Waals surface area contributed by atoms with E-state index in [1.165, 1.54) is 14.2 Å². The number of anilines is 1. The summed E-state index contributed by atoms with van der Waals surface area (Å²) in [6.45, 7) is 1.84. The zero-order valence-corrected chi connectivity index (χ0v) is 16.4. The van der Waals surface area contributed by atoms with Crippen LogP contribution in [-0.2, 0) is 4.79 Å². The van der Waals surface area contributed by atoms with Crippen molar-refractivity contribution < 1.29 is 19.1 Å². The highest BCUT2D eigenvalue weighted by Crippen LogP contribution is 2.41. The molecule has 3 aromatic rings. The number of ketones is 1. The van der Waals surface area contributed by atoms with E-state index in [-0.39, 0.29) is 18.1 Å². The van der Waals surface area contributed by atoms with Gasteiger partial charge in [0.1, 0.15) is 22.9 Å². The number of methoxy groups -OCH3 is 2. The minimum absolute atomic E-state index is 0.0361. The van der Waals surface area contributed by atoms with E-state index in [0.29, 0.717) is 34.1 Å². The molecule has 0 spiro atoms. The summed E-state index contributed by atoms with van der Waals surface area (Å²) in [5.74, 6) is 0.205. The molecule has 1 aromatic heterocycles. The van der Waals surface area contributed by atoms with E-state index in [0.717, 1.165) is 5.69 Å². The lowest BCUT2D eigenvalue weighted by atomic mass is 9.85. The summed E-state index contributed by atoms with van der Waals surface area (Å²) >= 11 is 0. The number of amides is 1. The molecule has 2 heterocycles. The van der Waals surface area contributed by atoms with Gasteiger partial charge in [0.15, 0.2) is 5.78 Å². The highest BCUT2D eigenvalue weighted by molar-refractivity contribution is 6.10. The van der Waals surface area contributed by atoms with Crippen molar-refractivity contribution >= 4 is 17.5 Å². The molecular formula is C22H21N3O4. The molecule has 1 aliphatic heterocycles. The van der Waals surface area contributed by atoms with Crippen LogP contribution in [0.5, 0.6) is 11.5 Å². The molecule has 0 bridgehead atoms. The number of aryl methyl sites for hydroxylation is 1. The number of benzene rings is 2. The quantitative estimate of drug-likeness (QED) is 0.673. The fraction of sp³-hybridized carbons (Fsp3) is 0.227. The molecule has 148 valence electrons. The fourth-order valence-electron chi connectivity index (χ4n) is 3.80. The maximum Gasteiger partial charge on any atom is 0.226 e. The Morgan fingerprint density at radius 2 is 1.72 bits per heavy atom. The van der Waals surface area contributed by atoms with Crippen molar-refractivity contribution in [3.05, 3.63) is 65.4 Å². The summed E-state index contributed by atoms with van der Waals surface area (Å²) in [5.41, 5.74) is 2.54. The van der Waals surface area contributed by atoms with Gasteiger partial charge < -0.3 is 14.8 Å². The minimum atomic E-state index is -0.679. The highest BCUT2D eigenvalue weighted by atomic mass is 16.5. The van der Waals surface area contributed by atoms with E-state index < -0.39 is 5.92 Å². The summed E-state index contributed by atoms with van der Waals surface area (Å²) in [5, 5.41) is 7.48. The molecule has 7 nitrogen and oxygen atoms in total. The first-order chi connectivity index (χ1) is 14.0. The second-order valence-corrected chi connectivity index (χ2v) is 6.80. The summed E-state index contributed by atoms with van der Waals surface area (Å²) in [6, 6.07) is 14.7. The number of carbonyl (C=O) groups is 2. The van der Waals surface area contributed by atoms with Crippen molar-refractivity contribution in [1.29, 1.82) is 0 Å². The second kappa shape index (κ2) is 7.43. The van der Waals surface area contributed by atoms with Crippen LogP contribution >= 0.6 is 0 Å². The van der Waals surface area contributed by atoms with Gasteiger partial charge in [0.2, 0.25) is 5.91 Å². The molecule has 7 heteroatoms. The van der Waals surface area contributed by atoms with E-state index in [4.69, 9.17) is 9.47 Å². The van der Waals surface area contributed by atoms with Gasteiger partial charge in [-0.05, 0) is 31.2 Å². The predicted molar refractivity (Wildman–Crippen MR) is 108 cm³/mol. The molecule has 0 saturated carbocycles. The number of nitrogens with one attached hydrogen (secondary N) is 1. The first-order valence-electron chi connectivity index (χ1n) is 9.25. The molecular weight excluding hydrogens is 370 g/mol. The summed E-state index contributed by atoms with van der Waals surface area (Å²) in [7, 11) is 3.01. The average molecular weight is 391 g/mol. The summed E-state index contributed by atoms with van der Waals surface area (Å²) in [4.78, 5) is 26.1. The van der Waals surface area contributed by atoms with Crippen molar-refractivity contribution in [2.75, 3.05) is 19.5 Å². The number of para-hydroxylation sites is 1. The van der Waals surface area contributed by atoms with E-state index in [2.05, 4.69) is 10.4 Å². The SMILES string of the molecule is COc1cccc(OC)c1C(=O)[C@H]1CC(=O)Nc2c1c(C)nn2-c1ccccc1. The van der Waals surface area contributed by atoms with Gasteiger partial charge in [0.25, 0.3) is 0 Å². The third-order valence-electron chi connectivity index (χ3n) is 5.09. The monoisotopic (exact) mass is 391 g/mol. The lowest BCUT2D eigenvalue weighted by Crippen LogP contribution is -2.29. The third kappa shape index (κ3) is 3.14. The number of carbonyl (C=O) groups excluding carboxylic acids is 2. The Labute approximate surface area is 168 Å². The normalized spacial score (nSPS) is 15.4. The topological polar surface area (TPSA) is 82.4 Å². The molecule has 0 unspecified atom stereocenters. The van der Waals surface area contributed by atoms with Crippen molar-refractivity contribution in [2.45, 2.75) is 19.3 Å². The lowest BCUT2D eigenvalue weighted by Gasteiger charge is -2.24. The Morgan fingerprint density at radius 1 is 1.07 bits per heavy atom. The standard InChI is InChI=1S/C22H21N3O4/c1-13-19-15(21(27)20-16(28-2)10-7-11-17(20)29-3)12-18(26)23-22(19)25(24-13)14-8-5-4-6-9-14/h4-11,15H,12H2,1-3H3,(H,23,26)/t15-/m0/s1. The summed E-state index contributed by atoms with van der Waals surface area (Å²) in [6.07, 6.45) is 0.0361. The smallest absolute Gasteiger partial charge is 0.226 e.